The molecule has 0 aromatic rings. The van der Waals surface area contributed by atoms with E-state index in [1.807, 2.05) is 0 Å². The smallest absolute Gasteiger partial charge is 0.328 e. The van der Waals surface area contributed by atoms with E-state index < -0.39 is 47.3 Å². The van der Waals surface area contributed by atoms with Crippen molar-refractivity contribution in [1.29, 1.82) is 0 Å². The summed E-state index contributed by atoms with van der Waals surface area (Å²) < 4.78 is 18.6. The molecule has 0 saturated carbocycles. The van der Waals surface area contributed by atoms with Crippen molar-refractivity contribution in [3.8, 4) is 0 Å². The van der Waals surface area contributed by atoms with E-state index in [2.05, 4.69) is 18.9 Å². The van der Waals surface area contributed by atoms with E-state index in [0.717, 1.165) is 0 Å². The van der Waals surface area contributed by atoms with E-state index in [1.165, 1.54) is 27.7 Å². The Morgan fingerprint density at radius 3 is 0.929 bits per heavy atom. The predicted molar refractivity (Wildman–Crippen MR) is 92.7 cm³/mol. The molecule has 10 heteroatoms. The van der Waals surface area contributed by atoms with E-state index >= 15 is 0 Å². The number of carbonyl (C=O) groups excluding carboxylic acids is 6. The molecule has 0 spiro atoms. The highest BCUT2D eigenvalue weighted by molar-refractivity contribution is 6.22. The average molecular weight is 400 g/mol. The number of ether oxygens (including phenoxy) is 4. The predicted octanol–water partition coefficient (Wildman–Crippen LogP) is 0.166. The second-order valence-electron chi connectivity index (χ2n) is 5.01. The Morgan fingerprint density at radius 1 is 0.536 bits per heavy atom. The molecule has 0 aliphatic rings. The number of esters is 4. The van der Waals surface area contributed by atoms with Crippen molar-refractivity contribution in [1.82, 2.24) is 0 Å². The van der Waals surface area contributed by atoms with Crippen molar-refractivity contribution in [2.24, 2.45) is 11.8 Å². The van der Waals surface area contributed by atoms with Gasteiger partial charge in [-0.15, -0.1) is 0 Å². The fraction of sp³-hybridized carbons (Fsp3) is 0.556. The Balaban J connectivity index is 5.52. The third kappa shape index (κ3) is 7.68. The standard InChI is InChI=1S/C18H24O10/c1-5-25-15(21)13(16(22)26-6-2)11(19)9-10-12(20)14(17(23)27-7-3)18(24)28-8-4/h9-10,13-14H,5-8H2,1-4H3/b10-9-. The molecular formula is C18H24O10. The van der Waals surface area contributed by atoms with Crippen LogP contribution in [0.1, 0.15) is 27.7 Å². The fourth-order valence-electron chi connectivity index (χ4n) is 1.92. The summed E-state index contributed by atoms with van der Waals surface area (Å²) in [6, 6.07) is 0. The number of ketones is 2. The molecule has 0 bridgehead atoms. The second kappa shape index (κ2) is 13.2. The molecule has 0 saturated heterocycles. The van der Waals surface area contributed by atoms with E-state index in [-0.39, 0.29) is 26.4 Å². The maximum atomic E-state index is 12.2. The second-order valence-corrected chi connectivity index (χ2v) is 5.01. The summed E-state index contributed by atoms with van der Waals surface area (Å²) in [6.07, 6.45) is 1.21. The number of rotatable bonds is 12. The molecule has 0 atom stereocenters. The molecule has 28 heavy (non-hydrogen) atoms. The lowest BCUT2D eigenvalue weighted by Crippen LogP contribution is -2.35. The molecule has 0 amide bonds. The molecule has 156 valence electrons. The van der Waals surface area contributed by atoms with Crippen LogP contribution in [0.5, 0.6) is 0 Å². The summed E-state index contributed by atoms with van der Waals surface area (Å²) in [6.45, 7) is 5.58. The van der Waals surface area contributed by atoms with Gasteiger partial charge in [-0.25, -0.2) is 0 Å². The van der Waals surface area contributed by atoms with E-state index in [4.69, 9.17) is 0 Å². The lowest BCUT2D eigenvalue weighted by molar-refractivity contribution is -0.166. The zero-order valence-electron chi connectivity index (χ0n) is 16.2. The van der Waals surface area contributed by atoms with Gasteiger partial charge in [0.05, 0.1) is 26.4 Å². The fourth-order valence-corrected chi connectivity index (χ4v) is 1.92. The van der Waals surface area contributed by atoms with Gasteiger partial charge in [0.1, 0.15) is 0 Å². The summed E-state index contributed by atoms with van der Waals surface area (Å²) in [5, 5.41) is 0. The Morgan fingerprint density at radius 2 is 0.750 bits per heavy atom. The molecule has 0 N–H and O–H groups in total. The van der Waals surface area contributed by atoms with Gasteiger partial charge in [-0.05, 0) is 39.8 Å². The molecule has 10 nitrogen and oxygen atoms in total. The van der Waals surface area contributed by atoms with Crippen LogP contribution >= 0.6 is 0 Å². The van der Waals surface area contributed by atoms with Crippen molar-refractivity contribution >= 4 is 35.4 Å². The Bertz CT molecular complexity index is 544. The highest BCUT2D eigenvalue weighted by Crippen LogP contribution is 2.10. The quantitative estimate of drug-likeness (QED) is 0.193. The lowest BCUT2D eigenvalue weighted by atomic mass is 10.0. The van der Waals surface area contributed by atoms with Gasteiger partial charge >= 0.3 is 23.9 Å². The summed E-state index contributed by atoms with van der Waals surface area (Å²) in [7, 11) is 0. The topological polar surface area (TPSA) is 139 Å². The summed E-state index contributed by atoms with van der Waals surface area (Å²) >= 11 is 0. The third-order valence-electron chi connectivity index (χ3n) is 3.07. The largest absolute Gasteiger partial charge is 0.465 e. The molecule has 0 heterocycles. The highest BCUT2D eigenvalue weighted by atomic mass is 16.6. The Kier molecular flexibility index (Phi) is 11.7. The average Bonchev–Trinajstić information content (AvgIpc) is 2.61. The Hall–Kier alpha value is -3.04. The molecule has 0 aromatic heterocycles. The van der Waals surface area contributed by atoms with Crippen LogP contribution in [-0.4, -0.2) is 61.9 Å². The van der Waals surface area contributed by atoms with E-state index in [9.17, 15) is 28.8 Å². The summed E-state index contributed by atoms with van der Waals surface area (Å²) in [5.41, 5.74) is 0. The number of hydrogen-bond donors (Lipinski definition) is 0. The van der Waals surface area contributed by atoms with Crippen molar-refractivity contribution < 1.29 is 47.7 Å². The van der Waals surface area contributed by atoms with Crippen LogP contribution in [0.15, 0.2) is 12.2 Å². The molecule has 0 aliphatic carbocycles. The van der Waals surface area contributed by atoms with Crippen molar-refractivity contribution in [3.05, 3.63) is 12.2 Å². The van der Waals surface area contributed by atoms with Gasteiger partial charge in [0.15, 0.2) is 11.6 Å². The van der Waals surface area contributed by atoms with Crippen LogP contribution in [0.2, 0.25) is 0 Å². The van der Waals surface area contributed by atoms with Crippen molar-refractivity contribution in [2.45, 2.75) is 27.7 Å². The minimum atomic E-state index is -1.92. The van der Waals surface area contributed by atoms with E-state index in [0.29, 0.717) is 12.2 Å². The first-order valence-electron chi connectivity index (χ1n) is 8.67. The first-order valence-corrected chi connectivity index (χ1v) is 8.67. The molecule has 0 unspecified atom stereocenters. The monoisotopic (exact) mass is 400 g/mol. The highest BCUT2D eigenvalue weighted by Gasteiger charge is 2.37. The first-order chi connectivity index (χ1) is 13.2. The van der Waals surface area contributed by atoms with Gasteiger partial charge in [-0.2, -0.15) is 0 Å². The van der Waals surface area contributed by atoms with E-state index in [1.54, 1.807) is 0 Å². The zero-order chi connectivity index (χ0) is 21.7. The maximum Gasteiger partial charge on any atom is 0.328 e. The molecule has 0 rings (SSSR count). The zero-order valence-corrected chi connectivity index (χ0v) is 16.2. The maximum absolute atomic E-state index is 12.2. The van der Waals surface area contributed by atoms with Crippen LogP contribution in [-0.2, 0) is 47.7 Å². The van der Waals surface area contributed by atoms with Gasteiger partial charge in [0.25, 0.3) is 0 Å². The normalized spacial score (nSPS) is 10.6. The third-order valence-corrected chi connectivity index (χ3v) is 3.07. The number of allylic oxidation sites excluding steroid dienone is 2. The van der Waals surface area contributed by atoms with Gasteiger partial charge in [-0.1, -0.05) is 0 Å². The molecule has 0 aromatic carbocycles. The van der Waals surface area contributed by atoms with Crippen molar-refractivity contribution in [3.63, 3.8) is 0 Å². The van der Waals surface area contributed by atoms with Crippen LogP contribution in [0.3, 0.4) is 0 Å². The SMILES string of the molecule is CCOC(=O)C(C(=O)/C=C\C(=O)C(C(=O)OCC)C(=O)OCC)C(=O)OCC. The number of hydrogen-bond acceptors (Lipinski definition) is 10. The summed E-state index contributed by atoms with van der Waals surface area (Å²) in [5.74, 6) is -10.6. The van der Waals surface area contributed by atoms with Crippen LogP contribution in [0.25, 0.3) is 0 Å². The van der Waals surface area contributed by atoms with Crippen LogP contribution < -0.4 is 0 Å². The van der Waals surface area contributed by atoms with Crippen LogP contribution in [0.4, 0.5) is 0 Å². The minimum Gasteiger partial charge on any atom is -0.465 e. The summed E-state index contributed by atoms with van der Waals surface area (Å²) in [4.78, 5) is 71.9. The molecular weight excluding hydrogens is 376 g/mol. The molecule has 0 radical (unpaired) electrons. The van der Waals surface area contributed by atoms with Crippen LogP contribution in [0, 0.1) is 11.8 Å². The van der Waals surface area contributed by atoms with Crippen molar-refractivity contribution in [2.75, 3.05) is 26.4 Å². The Labute approximate surface area is 162 Å². The van der Waals surface area contributed by atoms with Gasteiger partial charge in [-0.3, -0.25) is 28.8 Å². The van der Waals surface area contributed by atoms with Gasteiger partial charge in [0.2, 0.25) is 11.8 Å². The van der Waals surface area contributed by atoms with Gasteiger partial charge in [0, 0.05) is 0 Å². The number of carbonyl (C=O) groups is 6. The lowest BCUT2D eigenvalue weighted by Gasteiger charge is -2.12. The minimum absolute atomic E-state index is 0.0849. The van der Waals surface area contributed by atoms with Gasteiger partial charge < -0.3 is 18.9 Å². The molecule has 0 fully saturated rings. The first kappa shape index (κ1) is 25.0. The molecule has 0 aliphatic heterocycles.